The smallest absolute Gasteiger partial charge is 0.191 e. The highest BCUT2D eigenvalue weighted by Gasteiger charge is 2.35. The topological polar surface area (TPSA) is 52.1 Å². The Bertz CT molecular complexity index is 469. The largest absolute Gasteiger partial charge is 0.381 e. The molecule has 27 heavy (non-hydrogen) atoms. The summed E-state index contributed by atoms with van der Waals surface area (Å²) in [5, 5.41) is 7.18. The Morgan fingerprint density at radius 1 is 1.19 bits per heavy atom. The van der Waals surface area contributed by atoms with E-state index >= 15 is 0 Å². The van der Waals surface area contributed by atoms with Crippen LogP contribution in [0.25, 0.3) is 0 Å². The summed E-state index contributed by atoms with van der Waals surface area (Å²) in [7, 11) is 4.36. The number of hydrogen-bond donors (Lipinski definition) is 2. The lowest BCUT2D eigenvalue weighted by atomic mass is 9.89. The standard InChI is InChI=1S/C21H41N5O/c1-4-22-20(23-17-21(25(2)3)10-13-27-14-11-21)24-19-9-12-26(16-19)15-18-7-5-6-8-18/h18-19H,4-17H2,1-3H3,(H2,22,23,24). The quantitative estimate of drug-likeness (QED) is 0.523. The lowest BCUT2D eigenvalue weighted by molar-refractivity contribution is -0.00255. The molecule has 1 unspecified atom stereocenters. The van der Waals surface area contributed by atoms with E-state index in [1.165, 1.54) is 45.2 Å². The number of likely N-dealkylation sites (N-methyl/N-ethyl adjacent to an activating group) is 1. The zero-order valence-electron chi connectivity index (χ0n) is 17.8. The molecule has 3 fully saturated rings. The summed E-state index contributed by atoms with van der Waals surface area (Å²) in [6.07, 6.45) is 9.10. The SMILES string of the molecule is CCNC(=NCC1(N(C)C)CCOCC1)NC1CCN(CC2CCCC2)C1. The van der Waals surface area contributed by atoms with Crippen LogP contribution in [0.3, 0.4) is 0 Å². The van der Waals surface area contributed by atoms with Gasteiger partial charge < -0.3 is 25.2 Å². The Kier molecular flexibility index (Phi) is 7.79. The van der Waals surface area contributed by atoms with Crippen LogP contribution in [0.5, 0.6) is 0 Å². The van der Waals surface area contributed by atoms with Gasteiger partial charge in [0, 0.05) is 51.0 Å². The molecular formula is C21H41N5O. The fourth-order valence-electron chi connectivity index (χ4n) is 4.91. The van der Waals surface area contributed by atoms with Gasteiger partial charge in [-0.2, -0.15) is 0 Å². The van der Waals surface area contributed by atoms with E-state index in [9.17, 15) is 0 Å². The molecule has 156 valence electrons. The first-order chi connectivity index (χ1) is 13.1. The fourth-order valence-corrected chi connectivity index (χ4v) is 4.91. The summed E-state index contributed by atoms with van der Waals surface area (Å²) in [6, 6.07) is 0.522. The van der Waals surface area contributed by atoms with Gasteiger partial charge >= 0.3 is 0 Å². The van der Waals surface area contributed by atoms with Crippen LogP contribution in [-0.4, -0.2) is 87.4 Å². The molecule has 0 aromatic heterocycles. The number of guanidine groups is 1. The van der Waals surface area contributed by atoms with Gasteiger partial charge in [0.25, 0.3) is 0 Å². The van der Waals surface area contributed by atoms with Crippen LogP contribution in [0, 0.1) is 5.92 Å². The third kappa shape index (κ3) is 5.81. The van der Waals surface area contributed by atoms with Gasteiger partial charge in [0.05, 0.1) is 6.54 Å². The van der Waals surface area contributed by atoms with Crippen LogP contribution < -0.4 is 10.6 Å². The monoisotopic (exact) mass is 379 g/mol. The molecule has 6 nitrogen and oxygen atoms in total. The van der Waals surface area contributed by atoms with Gasteiger partial charge in [0.2, 0.25) is 0 Å². The molecule has 0 bridgehead atoms. The Balaban J connectivity index is 1.52. The highest BCUT2D eigenvalue weighted by molar-refractivity contribution is 5.80. The Hall–Kier alpha value is -0.850. The van der Waals surface area contributed by atoms with Crippen LogP contribution in [-0.2, 0) is 4.74 Å². The minimum absolute atomic E-state index is 0.130. The highest BCUT2D eigenvalue weighted by atomic mass is 16.5. The molecule has 0 spiro atoms. The van der Waals surface area contributed by atoms with Gasteiger partial charge in [0.1, 0.15) is 0 Å². The van der Waals surface area contributed by atoms with E-state index in [-0.39, 0.29) is 5.54 Å². The highest BCUT2D eigenvalue weighted by Crippen LogP contribution is 2.27. The molecule has 2 heterocycles. The number of ether oxygens (including phenoxy) is 1. The second-order valence-electron chi connectivity index (χ2n) is 8.97. The van der Waals surface area contributed by atoms with E-state index in [0.29, 0.717) is 6.04 Å². The summed E-state index contributed by atoms with van der Waals surface area (Å²) in [5.74, 6) is 1.93. The molecule has 0 aromatic rings. The van der Waals surface area contributed by atoms with E-state index in [2.05, 4.69) is 41.5 Å². The summed E-state index contributed by atoms with van der Waals surface area (Å²) in [5.41, 5.74) is 0.130. The second kappa shape index (κ2) is 10.1. The average Bonchev–Trinajstić information content (AvgIpc) is 3.33. The summed E-state index contributed by atoms with van der Waals surface area (Å²) in [4.78, 5) is 10.0. The van der Waals surface area contributed by atoms with Crippen LogP contribution >= 0.6 is 0 Å². The third-order valence-electron chi connectivity index (χ3n) is 6.85. The van der Waals surface area contributed by atoms with Gasteiger partial charge in [-0.05, 0) is 59.0 Å². The summed E-state index contributed by atoms with van der Waals surface area (Å²) >= 11 is 0. The van der Waals surface area contributed by atoms with Crippen LogP contribution in [0.15, 0.2) is 4.99 Å². The van der Waals surface area contributed by atoms with Crippen molar-refractivity contribution < 1.29 is 4.74 Å². The normalized spacial score (nSPS) is 27.4. The van der Waals surface area contributed by atoms with Crippen molar-refractivity contribution in [2.75, 3.05) is 60.0 Å². The zero-order valence-corrected chi connectivity index (χ0v) is 17.8. The number of rotatable bonds is 7. The van der Waals surface area contributed by atoms with Gasteiger partial charge in [-0.1, -0.05) is 12.8 Å². The van der Waals surface area contributed by atoms with E-state index in [1.54, 1.807) is 0 Å². The number of likely N-dealkylation sites (tertiary alicyclic amines) is 1. The molecule has 2 aliphatic heterocycles. The Labute approximate surface area is 166 Å². The van der Waals surface area contributed by atoms with Crippen molar-refractivity contribution in [3.05, 3.63) is 0 Å². The maximum atomic E-state index is 5.59. The predicted octanol–water partition coefficient (Wildman–Crippen LogP) is 1.92. The molecule has 2 N–H and O–H groups in total. The molecule has 1 saturated carbocycles. The summed E-state index contributed by atoms with van der Waals surface area (Å²) in [6.45, 7) is 9.26. The molecule has 3 rings (SSSR count). The molecule has 0 radical (unpaired) electrons. The van der Waals surface area contributed by atoms with Crippen molar-refractivity contribution in [1.29, 1.82) is 0 Å². The van der Waals surface area contributed by atoms with E-state index < -0.39 is 0 Å². The molecule has 1 atom stereocenters. The first-order valence-corrected chi connectivity index (χ1v) is 11.1. The van der Waals surface area contributed by atoms with Crippen LogP contribution in [0.4, 0.5) is 0 Å². The lowest BCUT2D eigenvalue weighted by Gasteiger charge is -2.41. The van der Waals surface area contributed by atoms with Gasteiger partial charge in [-0.3, -0.25) is 4.99 Å². The van der Waals surface area contributed by atoms with Crippen molar-refractivity contribution in [1.82, 2.24) is 20.4 Å². The number of nitrogens with zero attached hydrogens (tertiary/aromatic N) is 3. The van der Waals surface area contributed by atoms with Crippen molar-refractivity contribution in [3.8, 4) is 0 Å². The molecule has 2 saturated heterocycles. The van der Waals surface area contributed by atoms with Crippen molar-refractivity contribution in [2.24, 2.45) is 10.9 Å². The number of nitrogens with one attached hydrogen (secondary N) is 2. The predicted molar refractivity (Wildman–Crippen MR) is 112 cm³/mol. The molecule has 3 aliphatic rings. The molecule has 6 heteroatoms. The summed E-state index contributed by atoms with van der Waals surface area (Å²) < 4.78 is 5.59. The van der Waals surface area contributed by atoms with Crippen molar-refractivity contribution >= 4 is 5.96 Å². The number of hydrogen-bond acceptors (Lipinski definition) is 4. The van der Waals surface area contributed by atoms with E-state index in [1.807, 2.05) is 0 Å². The molecule has 0 aromatic carbocycles. The van der Waals surface area contributed by atoms with E-state index in [0.717, 1.165) is 57.6 Å². The van der Waals surface area contributed by atoms with Gasteiger partial charge in [0.15, 0.2) is 5.96 Å². The maximum Gasteiger partial charge on any atom is 0.191 e. The minimum atomic E-state index is 0.130. The third-order valence-corrected chi connectivity index (χ3v) is 6.85. The molecule has 1 aliphatic carbocycles. The first kappa shape index (κ1) is 20.9. The first-order valence-electron chi connectivity index (χ1n) is 11.1. The minimum Gasteiger partial charge on any atom is -0.381 e. The van der Waals surface area contributed by atoms with Crippen molar-refractivity contribution in [3.63, 3.8) is 0 Å². The fraction of sp³-hybridized carbons (Fsp3) is 0.952. The second-order valence-corrected chi connectivity index (χ2v) is 8.97. The van der Waals surface area contributed by atoms with Gasteiger partial charge in [-0.15, -0.1) is 0 Å². The maximum absolute atomic E-state index is 5.59. The van der Waals surface area contributed by atoms with Crippen LogP contribution in [0.1, 0.15) is 51.9 Å². The van der Waals surface area contributed by atoms with E-state index in [4.69, 9.17) is 9.73 Å². The average molecular weight is 380 g/mol. The van der Waals surface area contributed by atoms with Crippen LogP contribution in [0.2, 0.25) is 0 Å². The molecule has 0 amide bonds. The molecular weight excluding hydrogens is 338 g/mol. The van der Waals surface area contributed by atoms with Crippen molar-refractivity contribution in [2.45, 2.75) is 63.5 Å². The van der Waals surface area contributed by atoms with Gasteiger partial charge in [-0.25, -0.2) is 0 Å². The lowest BCUT2D eigenvalue weighted by Crippen LogP contribution is -2.52. The number of aliphatic imine (C=N–C) groups is 1. The Morgan fingerprint density at radius 2 is 1.93 bits per heavy atom. The Morgan fingerprint density at radius 3 is 2.59 bits per heavy atom. The zero-order chi connectivity index (χ0) is 19.1.